The molecular weight excluding hydrogens is 329 g/mol. The summed E-state index contributed by atoms with van der Waals surface area (Å²) in [6.45, 7) is 2.03. The van der Waals surface area contributed by atoms with Gasteiger partial charge < -0.3 is 17.7 Å². The Morgan fingerprint density at radius 2 is 2.09 bits per heavy atom. The minimum absolute atomic E-state index is 0. The number of anilines is 1. The van der Waals surface area contributed by atoms with E-state index in [-0.39, 0.29) is 35.6 Å². The summed E-state index contributed by atoms with van der Waals surface area (Å²) in [5.74, 6) is -0.259. The van der Waals surface area contributed by atoms with Crippen LogP contribution < -0.4 is 22.3 Å². The number of pyridine rings is 1. The van der Waals surface area contributed by atoms with E-state index in [1.807, 2.05) is 25.1 Å². The molecule has 0 fully saturated rings. The van der Waals surface area contributed by atoms with E-state index >= 15 is 0 Å². The van der Waals surface area contributed by atoms with Crippen molar-refractivity contribution in [2.24, 2.45) is 0 Å². The van der Waals surface area contributed by atoms with E-state index in [1.54, 1.807) is 10.8 Å². The Labute approximate surface area is 138 Å². The molecule has 2 aromatic rings. The van der Waals surface area contributed by atoms with Gasteiger partial charge >= 0.3 is 0 Å². The predicted molar refractivity (Wildman–Crippen MR) is 78.1 cm³/mol. The van der Waals surface area contributed by atoms with Crippen LogP contribution in [0.5, 0.6) is 0 Å². The van der Waals surface area contributed by atoms with Crippen LogP contribution in [0.3, 0.4) is 0 Å². The first-order chi connectivity index (χ1) is 9.97. The van der Waals surface area contributed by atoms with Gasteiger partial charge in [0, 0.05) is 31.2 Å². The minimum atomic E-state index is -0.541. The number of nitrogens with zero attached hydrogens (tertiary/aromatic N) is 2. The van der Waals surface area contributed by atoms with Gasteiger partial charge in [0.25, 0.3) is 11.6 Å². The molecule has 1 heterocycles. The average Bonchev–Trinajstić information content (AvgIpc) is 2.43. The van der Waals surface area contributed by atoms with Crippen molar-refractivity contribution in [2.75, 3.05) is 5.32 Å². The van der Waals surface area contributed by atoms with Gasteiger partial charge in [0.1, 0.15) is 0 Å². The van der Waals surface area contributed by atoms with Crippen molar-refractivity contribution in [3.63, 3.8) is 0 Å². The zero-order chi connectivity index (χ0) is 15.4. The molecule has 0 aliphatic carbocycles. The minimum Gasteiger partial charge on any atom is -1.00 e. The van der Waals surface area contributed by atoms with Crippen LogP contribution in [0, 0.1) is 17.0 Å². The number of nitro groups is 1. The highest BCUT2D eigenvalue weighted by Crippen LogP contribution is 2.26. The first-order valence-electron chi connectivity index (χ1n) is 6.16. The maximum absolute atomic E-state index is 12.0. The number of rotatable bonds is 4. The molecule has 2 rings (SSSR count). The molecule has 1 aromatic heterocycles. The topological polar surface area (TPSA) is 76.1 Å². The van der Waals surface area contributed by atoms with Crippen LogP contribution in [0.4, 0.5) is 11.4 Å². The molecule has 1 N–H and O–H groups in total. The van der Waals surface area contributed by atoms with Crippen LogP contribution in [-0.2, 0) is 11.3 Å². The van der Waals surface area contributed by atoms with Gasteiger partial charge in [0.05, 0.1) is 15.6 Å². The average molecular weight is 342 g/mol. The lowest BCUT2D eigenvalue weighted by Gasteiger charge is -2.06. The molecule has 116 valence electrons. The smallest absolute Gasteiger partial charge is 0.290 e. The molecular formula is C14H13Cl2N3O3. The third kappa shape index (κ3) is 4.41. The summed E-state index contributed by atoms with van der Waals surface area (Å²) in [5.41, 5.74) is 1.18. The number of halogens is 2. The number of carbonyl (C=O) groups is 1. The Morgan fingerprint density at radius 3 is 2.68 bits per heavy atom. The normalized spacial score (nSPS) is 9.73. The molecule has 0 aliphatic heterocycles. The van der Waals surface area contributed by atoms with Gasteiger partial charge in [0.2, 0.25) is 6.54 Å². The van der Waals surface area contributed by atoms with Crippen LogP contribution >= 0.6 is 11.6 Å². The molecule has 0 bridgehead atoms. The summed E-state index contributed by atoms with van der Waals surface area (Å²) < 4.78 is 1.79. The molecule has 1 aromatic carbocycles. The van der Waals surface area contributed by atoms with Crippen molar-refractivity contribution in [1.82, 2.24) is 0 Å². The fraction of sp³-hybridized carbons (Fsp3) is 0.143. The number of hydrogen-bond donors (Lipinski definition) is 1. The summed E-state index contributed by atoms with van der Waals surface area (Å²) in [7, 11) is 0. The fourth-order valence-corrected chi connectivity index (χ4v) is 2.02. The summed E-state index contributed by atoms with van der Waals surface area (Å²) in [4.78, 5) is 22.1. The van der Waals surface area contributed by atoms with Gasteiger partial charge in [-0.05, 0) is 6.07 Å². The summed E-state index contributed by atoms with van der Waals surface area (Å²) in [6.07, 6.45) is 1.80. The molecule has 6 nitrogen and oxygen atoms in total. The fourth-order valence-electron chi connectivity index (χ4n) is 1.80. The van der Waals surface area contributed by atoms with Crippen LogP contribution in [0.2, 0.25) is 5.02 Å². The quantitative estimate of drug-likeness (QED) is 0.462. The Bertz CT molecular complexity index is 707. The number of nitro benzene ring substituents is 1. The molecule has 0 spiro atoms. The molecule has 0 aliphatic rings. The van der Waals surface area contributed by atoms with Crippen molar-refractivity contribution < 1.29 is 26.7 Å². The van der Waals surface area contributed by atoms with E-state index in [0.29, 0.717) is 5.69 Å². The zero-order valence-corrected chi connectivity index (χ0v) is 13.1. The maximum atomic E-state index is 12.0. The lowest BCUT2D eigenvalue weighted by Crippen LogP contribution is -3.00. The van der Waals surface area contributed by atoms with Gasteiger partial charge in [-0.15, -0.1) is 0 Å². The van der Waals surface area contributed by atoms with Crippen molar-refractivity contribution in [3.8, 4) is 0 Å². The van der Waals surface area contributed by atoms with Crippen molar-refractivity contribution >= 4 is 28.9 Å². The number of amides is 1. The van der Waals surface area contributed by atoms with Crippen molar-refractivity contribution in [2.45, 2.75) is 13.5 Å². The van der Waals surface area contributed by atoms with E-state index in [2.05, 4.69) is 5.32 Å². The third-order valence-corrected chi connectivity index (χ3v) is 3.23. The lowest BCUT2D eigenvalue weighted by atomic mass is 10.2. The summed E-state index contributed by atoms with van der Waals surface area (Å²) in [6, 6.07) is 9.53. The highest BCUT2D eigenvalue weighted by Gasteiger charge is 2.15. The van der Waals surface area contributed by atoms with E-state index in [9.17, 15) is 14.9 Å². The maximum Gasteiger partial charge on any atom is 0.290 e. The second-order valence-corrected chi connectivity index (χ2v) is 4.85. The highest BCUT2D eigenvalue weighted by molar-refractivity contribution is 6.33. The summed E-state index contributed by atoms with van der Waals surface area (Å²) >= 11 is 5.93. The molecule has 1 amide bonds. The largest absolute Gasteiger partial charge is 1.00 e. The summed E-state index contributed by atoms with van der Waals surface area (Å²) in [5, 5.41) is 13.4. The van der Waals surface area contributed by atoms with Crippen molar-refractivity contribution in [1.29, 1.82) is 0 Å². The Hall–Kier alpha value is -2.18. The third-order valence-electron chi connectivity index (χ3n) is 2.92. The van der Waals surface area contributed by atoms with Gasteiger partial charge in [-0.1, -0.05) is 17.7 Å². The second-order valence-electron chi connectivity index (χ2n) is 4.44. The molecule has 8 heteroatoms. The number of carbonyl (C=O) groups excluding carboxylic acids is 1. The molecule has 0 atom stereocenters. The first kappa shape index (κ1) is 17.9. The number of benzene rings is 1. The molecule has 0 unspecified atom stereocenters. The molecule has 0 radical (unpaired) electrons. The second kappa shape index (κ2) is 7.72. The number of non-ortho nitro benzene ring substituents is 1. The van der Waals surface area contributed by atoms with E-state index in [0.717, 1.165) is 5.69 Å². The number of aromatic nitrogens is 1. The van der Waals surface area contributed by atoms with Crippen LogP contribution in [0.15, 0.2) is 42.6 Å². The standard InChI is InChI=1S/C14H12ClN3O3.ClH/c1-10-4-2-3-7-17(10)9-14(19)16-13-6-5-11(18(20)21)8-12(13)15;/h2-8H,9H2,1H3;1H. The highest BCUT2D eigenvalue weighted by atomic mass is 35.5. The van der Waals surface area contributed by atoms with Gasteiger partial charge in [-0.3, -0.25) is 14.9 Å². The monoisotopic (exact) mass is 341 g/mol. The van der Waals surface area contributed by atoms with E-state index in [4.69, 9.17) is 11.6 Å². The SMILES string of the molecule is Cc1cccc[n+]1CC(=O)Nc1ccc([N+](=O)[O-])cc1Cl.[Cl-]. The van der Waals surface area contributed by atoms with Crippen LogP contribution in [0.1, 0.15) is 5.69 Å². The first-order valence-corrected chi connectivity index (χ1v) is 6.54. The molecule has 0 saturated heterocycles. The number of hydrogen-bond acceptors (Lipinski definition) is 3. The van der Waals surface area contributed by atoms with E-state index < -0.39 is 4.92 Å². The zero-order valence-electron chi connectivity index (χ0n) is 11.6. The van der Waals surface area contributed by atoms with Crippen LogP contribution in [0.25, 0.3) is 0 Å². The molecule has 22 heavy (non-hydrogen) atoms. The Morgan fingerprint density at radius 1 is 1.36 bits per heavy atom. The predicted octanol–water partition coefficient (Wildman–Crippen LogP) is -0.513. The van der Waals surface area contributed by atoms with Crippen LogP contribution in [-0.4, -0.2) is 10.8 Å². The number of nitrogens with one attached hydrogen (secondary N) is 1. The van der Waals surface area contributed by atoms with Crippen molar-refractivity contribution in [3.05, 3.63) is 63.4 Å². The van der Waals surface area contributed by atoms with Gasteiger partial charge in [0.15, 0.2) is 11.9 Å². The van der Waals surface area contributed by atoms with Gasteiger partial charge in [-0.2, -0.15) is 4.57 Å². The Balaban J connectivity index is 0.00000242. The molecule has 0 saturated carbocycles. The Kier molecular flexibility index (Phi) is 6.27. The van der Waals surface area contributed by atoms with Gasteiger partial charge in [-0.25, -0.2) is 0 Å². The van der Waals surface area contributed by atoms with E-state index in [1.165, 1.54) is 18.2 Å². The number of aryl methyl sites for hydroxylation is 1. The lowest BCUT2D eigenvalue weighted by molar-refractivity contribution is -0.690.